The van der Waals surface area contributed by atoms with Crippen molar-refractivity contribution in [3.05, 3.63) is 47.2 Å². The summed E-state index contributed by atoms with van der Waals surface area (Å²) in [5.41, 5.74) is 3.87. The van der Waals surface area contributed by atoms with E-state index in [1.165, 1.54) is 41.5 Å². The third-order valence-corrected chi connectivity index (χ3v) is 6.94. The smallest absolute Gasteiger partial charge is 0.226 e. The van der Waals surface area contributed by atoms with E-state index in [4.69, 9.17) is 4.98 Å². The molecule has 0 saturated carbocycles. The Labute approximate surface area is 178 Å². The summed E-state index contributed by atoms with van der Waals surface area (Å²) in [5.74, 6) is 0.512. The van der Waals surface area contributed by atoms with Crippen molar-refractivity contribution in [3.8, 4) is 6.07 Å². The number of benzene rings is 1. The molecule has 0 spiro atoms. The number of para-hydroxylation sites is 1. The number of carbonyl (C=O) groups excluding carboxylic acids is 1. The molecule has 0 atom stereocenters. The molecule has 1 N–H and O–H groups in total. The Balaban J connectivity index is 1.37. The number of hydrogen-bond acceptors (Lipinski definition) is 6. The number of nitrogens with zero attached hydrogens (tertiary/aromatic N) is 3. The van der Waals surface area contributed by atoms with Crippen molar-refractivity contribution in [3.63, 3.8) is 0 Å². The number of aromatic nitrogens is 2. The molecule has 0 radical (unpaired) electrons. The molecule has 1 aromatic carbocycles. The first-order valence-electron chi connectivity index (χ1n) is 9.94. The standard InChI is InChI=1S/C22H22N4OS2/c23-14-16-13-15-7-3-1-2-4-8-17(15)24-21(16)28-12-11-20(27)26-22-25-18-9-5-6-10-19(18)29-22/h5-6,9-10,13H,1-4,7-8,11-12H2,(H,25,26,27). The molecule has 0 unspecified atom stereocenters. The highest BCUT2D eigenvalue weighted by atomic mass is 32.2. The van der Waals surface area contributed by atoms with Gasteiger partial charge in [-0.25, -0.2) is 9.97 Å². The lowest BCUT2D eigenvalue weighted by atomic mass is 9.96. The first kappa shape index (κ1) is 19.9. The molecule has 2 aromatic heterocycles. The van der Waals surface area contributed by atoms with Gasteiger partial charge in [0, 0.05) is 17.9 Å². The first-order chi connectivity index (χ1) is 14.2. The van der Waals surface area contributed by atoms with E-state index in [2.05, 4.69) is 16.4 Å². The van der Waals surface area contributed by atoms with Gasteiger partial charge in [-0.05, 0) is 49.4 Å². The minimum absolute atomic E-state index is 0.0682. The van der Waals surface area contributed by atoms with E-state index in [0.29, 0.717) is 22.9 Å². The molecule has 29 heavy (non-hydrogen) atoms. The number of amides is 1. The maximum Gasteiger partial charge on any atom is 0.226 e. The van der Waals surface area contributed by atoms with Crippen molar-refractivity contribution in [2.45, 2.75) is 50.0 Å². The van der Waals surface area contributed by atoms with Crippen molar-refractivity contribution < 1.29 is 4.79 Å². The van der Waals surface area contributed by atoms with Gasteiger partial charge < -0.3 is 5.32 Å². The number of anilines is 1. The topological polar surface area (TPSA) is 78.7 Å². The fourth-order valence-electron chi connectivity index (χ4n) is 3.51. The van der Waals surface area contributed by atoms with Gasteiger partial charge in [0.1, 0.15) is 11.1 Å². The van der Waals surface area contributed by atoms with E-state index in [9.17, 15) is 10.1 Å². The molecule has 0 fully saturated rings. The van der Waals surface area contributed by atoms with Gasteiger partial charge in [-0.3, -0.25) is 4.79 Å². The Kier molecular flexibility index (Phi) is 6.43. The number of fused-ring (bicyclic) bond motifs is 2. The number of aryl methyl sites for hydroxylation is 2. The van der Waals surface area contributed by atoms with E-state index in [-0.39, 0.29) is 5.91 Å². The SMILES string of the molecule is N#Cc1cc2c(nc1SCCC(=O)Nc1nc3ccccc3s1)CCCCCC2. The molecule has 3 aromatic rings. The number of nitrogens with one attached hydrogen (secondary N) is 1. The average molecular weight is 423 g/mol. The quantitative estimate of drug-likeness (QED) is 0.561. The lowest BCUT2D eigenvalue weighted by Gasteiger charge is -2.15. The third-order valence-electron chi connectivity index (χ3n) is 4.99. The van der Waals surface area contributed by atoms with Crippen LogP contribution >= 0.6 is 23.1 Å². The number of thioether (sulfide) groups is 1. The van der Waals surface area contributed by atoms with E-state index in [1.54, 1.807) is 0 Å². The molecule has 0 aliphatic heterocycles. The second-order valence-electron chi connectivity index (χ2n) is 7.11. The van der Waals surface area contributed by atoms with E-state index < -0.39 is 0 Å². The summed E-state index contributed by atoms with van der Waals surface area (Å²) in [6.45, 7) is 0. The highest BCUT2D eigenvalue weighted by Gasteiger charge is 2.15. The minimum atomic E-state index is -0.0682. The zero-order chi connectivity index (χ0) is 20.1. The highest BCUT2D eigenvalue weighted by Crippen LogP contribution is 2.28. The van der Waals surface area contributed by atoms with E-state index >= 15 is 0 Å². The molecule has 5 nitrogen and oxygen atoms in total. The van der Waals surface area contributed by atoms with Crippen LogP contribution in [0.5, 0.6) is 0 Å². The Bertz CT molecular complexity index is 1040. The molecular weight excluding hydrogens is 400 g/mol. The molecule has 2 heterocycles. The largest absolute Gasteiger partial charge is 0.302 e. The number of pyridine rings is 1. The van der Waals surface area contributed by atoms with Gasteiger partial charge in [0.25, 0.3) is 0 Å². The van der Waals surface area contributed by atoms with Crippen LogP contribution in [-0.4, -0.2) is 21.6 Å². The zero-order valence-electron chi connectivity index (χ0n) is 16.1. The fraction of sp³-hybridized carbons (Fsp3) is 0.364. The number of rotatable bonds is 5. The number of nitriles is 1. The maximum absolute atomic E-state index is 12.3. The first-order valence-corrected chi connectivity index (χ1v) is 11.7. The Morgan fingerprint density at radius 2 is 2.00 bits per heavy atom. The molecule has 4 rings (SSSR count). The van der Waals surface area contributed by atoms with Crippen LogP contribution in [0.3, 0.4) is 0 Å². The van der Waals surface area contributed by atoms with Gasteiger partial charge >= 0.3 is 0 Å². The summed E-state index contributed by atoms with van der Waals surface area (Å²) >= 11 is 2.96. The molecular formula is C22H22N4OS2. The number of thiazole rings is 1. The van der Waals surface area contributed by atoms with Gasteiger partial charge in [-0.1, -0.05) is 36.3 Å². The Morgan fingerprint density at radius 3 is 2.83 bits per heavy atom. The lowest BCUT2D eigenvalue weighted by molar-refractivity contribution is -0.115. The van der Waals surface area contributed by atoms with Crippen molar-refractivity contribution in [2.75, 3.05) is 11.1 Å². The molecule has 1 aliphatic carbocycles. The molecule has 148 valence electrons. The fourth-order valence-corrected chi connectivity index (χ4v) is 5.30. The van der Waals surface area contributed by atoms with Gasteiger partial charge in [-0.2, -0.15) is 5.26 Å². The van der Waals surface area contributed by atoms with Crippen LogP contribution in [-0.2, 0) is 17.6 Å². The lowest BCUT2D eigenvalue weighted by Crippen LogP contribution is -2.12. The second kappa shape index (κ2) is 9.38. The molecule has 7 heteroatoms. The van der Waals surface area contributed by atoms with Crippen LogP contribution < -0.4 is 5.32 Å². The van der Waals surface area contributed by atoms with Gasteiger partial charge in [-0.15, -0.1) is 11.8 Å². The summed E-state index contributed by atoms with van der Waals surface area (Å²) in [7, 11) is 0. The molecule has 1 amide bonds. The summed E-state index contributed by atoms with van der Waals surface area (Å²) in [5, 5.41) is 13.8. The van der Waals surface area contributed by atoms with Crippen LogP contribution in [0.1, 0.15) is 48.9 Å². The van der Waals surface area contributed by atoms with Gasteiger partial charge in [0.05, 0.1) is 15.8 Å². The highest BCUT2D eigenvalue weighted by molar-refractivity contribution is 7.99. The Morgan fingerprint density at radius 1 is 1.17 bits per heavy atom. The Hall–Kier alpha value is -2.43. The van der Waals surface area contributed by atoms with Crippen molar-refractivity contribution in [1.29, 1.82) is 5.26 Å². The van der Waals surface area contributed by atoms with Gasteiger partial charge in [0.2, 0.25) is 5.91 Å². The maximum atomic E-state index is 12.3. The minimum Gasteiger partial charge on any atom is -0.302 e. The molecule has 0 saturated heterocycles. The molecule has 0 bridgehead atoms. The normalized spacial score (nSPS) is 13.9. The van der Waals surface area contributed by atoms with Crippen LogP contribution in [0.2, 0.25) is 0 Å². The van der Waals surface area contributed by atoms with Crippen LogP contribution in [0, 0.1) is 11.3 Å². The van der Waals surface area contributed by atoms with Crippen molar-refractivity contribution >= 4 is 44.4 Å². The summed E-state index contributed by atoms with van der Waals surface area (Å²) < 4.78 is 1.06. The van der Waals surface area contributed by atoms with E-state index in [0.717, 1.165) is 46.6 Å². The van der Waals surface area contributed by atoms with Gasteiger partial charge in [0.15, 0.2) is 5.13 Å². The van der Waals surface area contributed by atoms with Crippen LogP contribution in [0.15, 0.2) is 35.4 Å². The zero-order valence-corrected chi connectivity index (χ0v) is 17.7. The predicted molar refractivity (Wildman–Crippen MR) is 118 cm³/mol. The van der Waals surface area contributed by atoms with E-state index in [1.807, 2.05) is 30.3 Å². The summed E-state index contributed by atoms with van der Waals surface area (Å²) in [4.78, 5) is 21.5. The number of hydrogen-bond donors (Lipinski definition) is 1. The average Bonchev–Trinajstić information content (AvgIpc) is 3.11. The summed E-state index contributed by atoms with van der Waals surface area (Å²) in [6.07, 6.45) is 7.15. The third kappa shape index (κ3) is 4.95. The predicted octanol–water partition coefficient (Wildman–Crippen LogP) is 5.34. The van der Waals surface area contributed by atoms with Crippen molar-refractivity contribution in [2.24, 2.45) is 0 Å². The van der Waals surface area contributed by atoms with Crippen molar-refractivity contribution in [1.82, 2.24) is 9.97 Å². The summed E-state index contributed by atoms with van der Waals surface area (Å²) in [6, 6.07) is 12.1. The van der Waals surface area contributed by atoms with Crippen LogP contribution in [0.25, 0.3) is 10.2 Å². The monoisotopic (exact) mass is 422 g/mol. The van der Waals surface area contributed by atoms with Crippen LogP contribution in [0.4, 0.5) is 5.13 Å². The second-order valence-corrected chi connectivity index (χ2v) is 9.22. The molecule has 1 aliphatic rings. The number of carbonyl (C=O) groups is 1.